The highest BCUT2D eigenvalue weighted by Crippen LogP contribution is 2.34. The van der Waals surface area contributed by atoms with Crippen molar-refractivity contribution in [2.24, 2.45) is 0 Å². The van der Waals surface area contributed by atoms with Crippen LogP contribution in [-0.4, -0.2) is 52.2 Å². The van der Waals surface area contributed by atoms with Crippen molar-refractivity contribution in [2.75, 3.05) is 0 Å². The van der Waals surface area contributed by atoms with E-state index in [1.54, 1.807) is 12.1 Å². The minimum atomic E-state index is -2.12. The molecule has 5 nitrogen and oxygen atoms in total. The third kappa shape index (κ3) is 3.33. The minimum absolute atomic E-state index is 0.304. The first kappa shape index (κ1) is 14.0. The second kappa shape index (κ2) is 4.94. The number of ketones is 1. The predicted octanol–water partition coefficient (Wildman–Crippen LogP) is -0.989. The topological polar surface area (TPSA) is 67.8 Å². The van der Waals surface area contributed by atoms with Gasteiger partial charge in [0.05, 0.1) is 6.04 Å². The molecule has 1 heterocycles. The fourth-order valence-corrected chi connectivity index (χ4v) is 1.79. The van der Waals surface area contributed by atoms with Gasteiger partial charge in [0, 0.05) is 11.1 Å². The van der Waals surface area contributed by atoms with Crippen LogP contribution in [0.4, 0.5) is 0 Å². The Morgan fingerprint density at radius 2 is 2.05 bits per heavy atom. The summed E-state index contributed by atoms with van der Waals surface area (Å²) in [7, 11) is 15.8. The molecule has 1 aromatic carbocycles. The summed E-state index contributed by atoms with van der Waals surface area (Å²) < 4.78 is 10.3. The van der Waals surface area contributed by atoms with Gasteiger partial charge in [0.15, 0.2) is 31.3 Å². The van der Waals surface area contributed by atoms with Crippen LogP contribution in [0.3, 0.4) is 0 Å². The van der Waals surface area contributed by atoms with Crippen LogP contribution < -0.4 is 14.8 Å². The zero-order chi connectivity index (χ0) is 14.2. The van der Waals surface area contributed by atoms with Crippen molar-refractivity contribution in [2.45, 2.75) is 24.7 Å². The Morgan fingerprint density at radius 1 is 1.42 bits per heavy atom. The predicted molar refractivity (Wildman–Crippen MR) is 70.6 cm³/mol. The third-order valence-electron chi connectivity index (χ3n) is 2.56. The Balaban J connectivity index is 2.15. The van der Waals surface area contributed by atoms with E-state index in [0.29, 0.717) is 17.1 Å². The minimum Gasteiger partial charge on any atom is -0.461 e. The third-order valence-corrected chi connectivity index (χ3v) is 2.56. The van der Waals surface area contributed by atoms with Crippen molar-refractivity contribution in [3.8, 4) is 11.5 Å². The van der Waals surface area contributed by atoms with E-state index in [1.807, 2.05) is 0 Å². The molecular formula is C11H10B3NO4. The molecule has 0 bridgehead atoms. The lowest BCUT2D eigenvalue weighted by molar-refractivity contribution is 0.0888. The number of carbonyl (C=O) groups is 1. The van der Waals surface area contributed by atoms with Gasteiger partial charge in [-0.3, -0.25) is 10.1 Å². The van der Waals surface area contributed by atoms with Crippen molar-refractivity contribution < 1.29 is 19.4 Å². The molecule has 19 heavy (non-hydrogen) atoms. The molecule has 1 unspecified atom stereocenters. The van der Waals surface area contributed by atoms with Crippen molar-refractivity contribution >= 4 is 29.3 Å². The first-order chi connectivity index (χ1) is 8.76. The molecule has 2 N–H and O–H groups in total. The molecule has 0 fully saturated rings. The molecule has 1 aliphatic heterocycles. The van der Waals surface area contributed by atoms with Gasteiger partial charge in [-0.15, -0.1) is 0 Å². The molecule has 0 spiro atoms. The zero-order valence-corrected chi connectivity index (χ0v) is 10.3. The summed E-state index contributed by atoms with van der Waals surface area (Å²) in [5.41, 5.74) is -1.76. The average Bonchev–Trinajstić information content (AvgIpc) is 2.64. The van der Waals surface area contributed by atoms with E-state index in [0.717, 1.165) is 0 Å². The summed E-state index contributed by atoms with van der Waals surface area (Å²) in [6.07, 6.45) is -0.867. The van der Waals surface area contributed by atoms with Gasteiger partial charge in [0.25, 0.3) is 0 Å². The maximum Gasteiger partial charge on any atom is 0.189 e. The van der Waals surface area contributed by atoms with E-state index in [-0.39, 0.29) is 5.78 Å². The number of fused-ring (bicyclic) bond motifs is 1. The number of nitrogens with one attached hydrogen (secondary N) is 1. The van der Waals surface area contributed by atoms with E-state index in [2.05, 4.69) is 5.32 Å². The fourth-order valence-electron chi connectivity index (χ4n) is 1.79. The molecule has 1 aliphatic rings. The summed E-state index contributed by atoms with van der Waals surface area (Å²) in [6, 6.07) is 3.88. The first-order valence-electron chi connectivity index (χ1n) is 5.61. The van der Waals surface area contributed by atoms with Crippen LogP contribution in [0, 0.1) is 0 Å². The van der Waals surface area contributed by atoms with Gasteiger partial charge in [0.2, 0.25) is 0 Å². The van der Waals surface area contributed by atoms with E-state index in [4.69, 9.17) is 33.0 Å². The molecule has 8 heteroatoms. The van der Waals surface area contributed by atoms with Gasteiger partial charge in [-0.2, -0.15) is 0 Å². The number of rotatable bonds is 4. The number of aliphatic hydroxyl groups is 1. The number of hydrogen-bond donors (Lipinski definition) is 2. The van der Waals surface area contributed by atoms with Crippen LogP contribution in [0.15, 0.2) is 18.2 Å². The van der Waals surface area contributed by atoms with E-state index < -0.39 is 17.8 Å². The highest BCUT2D eigenvalue weighted by atomic mass is 16.7. The van der Waals surface area contributed by atoms with Crippen LogP contribution in [0.25, 0.3) is 0 Å². The quantitative estimate of drug-likeness (QED) is 0.409. The van der Waals surface area contributed by atoms with Crippen LogP contribution in [0.2, 0.25) is 0 Å². The van der Waals surface area contributed by atoms with Crippen LogP contribution in [0.5, 0.6) is 11.5 Å². The Bertz CT molecular complexity index is 503. The molecule has 0 amide bonds. The molecule has 6 radical (unpaired) electrons. The lowest BCUT2D eigenvalue weighted by Gasteiger charge is -2.25. The maximum absolute atomic E-state index is 12.1. The number of benzene rings is 1. The number of Topliss-reactive ketones (excluding diaryl/α,β-unsaturated/α-hetero) is 1. The molecule has 1 aromatic rings. The first-order valence-corrected chi connectivity index (χ1v) is 5.61. The molecule has 0 saturated heterocycles. The van der Waals surface area contributed by atoms with Crippen molar-refractivity contribution in [1.82, 2.24) is 5.32 Å². The highest BCUT2D eigenvalue weighted by molar-refractivity contribution is 6.38. The molecular weight excluding hydrogens is 243 g/mol. The normalized spacial score (nSPS) is 19.2. The van der Waals surface area contributed by atoms with E-state index in [9.17, 15) is 9.90 Å². The molecule has 0 aliphatic carbocycles. The second-order valence-electron chi connectivity index (χ2n) is 4.32. The second-order valence-corrected chi connectivity index (χ2v) is 4.32. The van der Waals surface area contributed by atoms with Crippen molar-refractivity contribution in [3.05, 3.63) is 23.8 Å². The van der Waals surface area contributed by atoms with Gasteiger partial charge in [-0.1, -0.05) is 0 Å². The van der Waals surface area contributed by atoms with Gasteiger partial charge in [-0.05, 0) is 25.1 Å². The Hall–Kier alpha value is -1.40. The maximum atomic E-state index is 12.1. The molecule has 92 valence electrons. The van der Waals surface area contributed by atoms with Crippen molar-refractivity contribution in [1.29, 1.82) is 0 Å². The zero-order valence-electron chi connectivity index (χ0n) is 10.3. The van der Waals surface area contributed by atoms with Gasteiger partial charge < -0.3 is 14.6 Å². The van der Waals surface area contributed by atoms with Gasteiger partial charge in [-0.25, -0.2) is 0 Å². The van der Waals surface area contributed by atoms with Crippen LogP contribution in [0.1, 0.15) is 17.3 Å². The summed E-state index contributed by atoms with van der Waals surface area (Å²) in [5.74, 6) is 0.557. The van der Waals surface area contributed by atoms with Crippen LogP contribution in [-0.2, 0) is 0 Å². The molecule has 0 aromatic heterocycles. The van der Waals surface area contributed by atoms with E-state index in [1.165, 1.54) is 13.0 Å². The Morgan fingerprint density at radius 3 is 2.68 bits per heavy atom. The summed E-state index contributed by atoms with van der Waals surface area (Å²) >= 11 is 0. The van der Waals surface area contributed by atoms with Crippen LogP contribution >= 0.6 is 0 Å². The standard InChI is InChI=1S/C11H10B3NO4/c1-5(15-11(13,14)17)9(16)6-2-3-7-8(4-6)19-10(12)18-7/h2-5,10,15,17H,1H3/t5-,10?/m1/s1. The number of ether oxygens (including phenoxy) is 2. The highest BCUT2D eigenvalue weighted by Gasteiger charge is 2.25. The van der Waals surface area contributed by atoms with Gasteiger partial charge >= 0.3 is 0 Å². The van der Waals surface area contributed by atoms with E-state index >= 15 is 0 Å². The Labute approximate surface area is 114 Å². The lowest BCUT2D eigenvalue weighted by atomic mass is 9.73. The fraction of sp³-hybridized carbons (Fsp3) is 0.364. The molecule has 2 rings (SSSR count). The largest absolute Gasteiger partial charge is 0.461 e. The SMILES string of the molecule is [B]C1Oc2ccc(C(=O)[C@@H](C)NC([B])([B])O)cc2O1. The monoisotopic (exact) mass is 253 g/mol. The average molecular weight is 253 g/mol. The lowest BCUT2D eigenvalue weighted by Crippen LogP contribution is -2.53. The van der Waals surface area contributed by atoms with Gasteiger partial charge in [0.1, 0.15) is 15.7 Å². The Kier molecular flexibility index (Phi) is 3.65. The molecule has 2 atom stereocenters. The number of carbonyl (C=O) groups excluding carboxylic acids is 1. The number of hydrogen-bond acceptors (Lipinski definition) is 5. The van der Waals surface area contributed by atoms with Crippen molar-refractivity contribution in [3.63, 3.8) is 0 Å². The molecule has 0 saturated carbocycles. The summed E-state index contributed by atoms with van der Waals surface area (Å²) in [6.45, 7) is 1.53. The smallest absolute Gasteiger partial charge is 0.189 e. The summed E-state index contributed by atoms with van der Waals surface area (Å²) in [4.78, 5) is 12.1. The summed E-state index contributed by atoms with van der Waals surface area (Å²) in [5, 5.41) is 11.6.